The van der Waals surface area contributed by atoms with Crippen LogP contribution in [0.4, 0.5) is 5.82 Å². The maximum absolute atomic E-state index is 11.3. The van der Waals surface area contributed by atoms with Crippen LogP contribution >= 0.6 is 0 Å². The molecule has 3 heterocycles. The van der Waals surface area contributed by atoms with Crippen molar-refractivity contribution in [1.29, 1.82) is 0 Å². The molecule has 1 unspecified atom stereocenters. The van der Waals surface area contributed by atoms with Crippen molar-refractivity contribution >= 4 is 11.7 Å². The maximum Gasteiger partial charge on any atom is 0.220 e. The number of methoxy groups -OCH3 is 1. The lowest BCUT2D eigenvalue weighted by Gasteiger charge is -2.40. The van der Waals surface area contributed by atoms with Gasteiger partial charge in [0, 0.05) is 50.7 Å². The first-order chi connectivity index (χ1) is 12.7. The molecule has 0 radical (unpaired) electrons. The second kappa shape index (κ2) is 7.78. The number of carbonyl (C=O) groups excluding carboxylic acids is 1. The Morgan fingerprint density at radius 3 is 2.62 bits per heavy atom. The van der Waals surface area contributed by atoms with E-state index in [2.05, 4.69) is 25.1 Å². The highest BCUT2D eigenvalue weighted by Crippen LogP contribution is 2.36. The van der Waals surface area contributed by atoms with Crippen LogP contribution in [0.3, 0.4) is 0 Å². The number of hydrogen-bond acceptors (Lipinski definition) is 6. The van der Waals surface area contributed by atoms with Crippen LogP contribution in [0.15, 0.2) is 12.4 Å². The predicted molar refractivity (Wildman–Crippen MR) is 99.3 cm³/mol. The number of piperidine rings is 2. The van der Waals surface area contributed by atoms with Crippen LogP contribution in [-0.2, 0) is 4.79 Å². The minimum Gasteiger partial charge on any atom is -0.481 e. The topological polar surface area (TPSA) is 70.6 Å². The third-order valence-corrected chi connectivity index (χ3v) is 5.88. The summed E-state index contributed by atoms with van der Waals surface area (Å²) in [6, 6.07) is 3.14. The standard InChI is InChI=1S/C19H29N5O2/c1-26-19-10-17(21-13-22-19)24(15-3-4-15)16-6-8-23(9-7-16)12-14-2-5-18(25)20-11-14/h10,13-16H,2-9,11-12H2,1H3,(H,20,25). The normalized spacial score (nSPS) is 25.0. The molecule has 2 aliphatic heterocycles. The summed E-state index contributed by atoms with van der Waals surface area (Å²) in [5, 5.41) is 3.00. The number of carbonyl (C=O) groups is 1. The Morgan fingerprint density at radius 2 is 1.96 bits per heavy atom. The molecule has 1 amide bonds. The first kappa shape index (κ1) is 17.5. The highest BCUT2D eigenvalue weighted by molar-refractivity contribution is 5.76. The van der Waals surface area contributed by atoms with E-state index in [-0.39, 0.29) is 5.91 Å². The minimum atomic E-state index is 0.209. The summed E-state index contributed by atoms with van der Waals surface area (Å²) in [5.74, 6) is 2.46. The molecule has 1 aliphatic carbocycles. The van der Waals surface area contributed by atoms with E-state index >= 15 is 0 Å². The van der Waals surface area contributed by atoms with Crippen LogP contribution in [0.2, 0.25) is 0 Å². The molecule has 3 fully saturated rings. The fourth-order valence-electron chi connectivity index (χ4n) is 4.29. The molecule has 26 heavy (non-hydrogen) atoms. The third-order valence-electron chi connectivity index (χ3n) is 5.88. The lowest BCUT2D eigenvalue weighted by atomic mass is 9.96. The number of hydrogen-bond donors (Lipinski definition) is 1. The maximum atomic E-state index is 11.3. The first-order valence-electron chi connectivity index (χ1n) is 9.86. The quantitative estimate of drug-likeness (QED) is 0.829. The lowest BCUT2D eigenvalue weighted by Crippen LogP contribution is -2.48. The molecule has 7 nitrogen and oxygen atoms in total. The van der Waals surface area contributed by atoms with Crippen molar-refractivity contribution in [3.63, 3.8) is 0 Å². The van der Waals surface area contributed by atoms with Gasteiger partial charge in [-0.3, -0.25) is 4.79 Å². The van der Waals surface area contributed by atoms with Crippen molar-refractivity contribution in [2.45, 2.75) is 50.6 Å². The summed E-state index contributed by atoms with van der Waals surface area (Å²) >= 11 is 0. The second-order valence-corrected chi connectivity index (χ2v) is 7.80. The van der Waals surface area contributed by atoms with Gasteiger partial charge in [0.15, 0.2) is 0 Å². The van der Waals surface area contributed by atoms with Crippen molar-refractivity contribution < 1.29 is 9.53 Å². The van der Waals surface area contributed by atoms with Gasteiger partial charge in [0.05, 0.1) is 7.11 Å². The Bertz CT molecular complexity index is 618. The van der Waals surface area contributed by atoms with Gasteiger partial charge in [0.2, 0.25) is 11.8 Å². The average Bonchev–Trinajstić information content (AvgIpc) is 3.50. The van der Waals surface area contributed by atoms with E-state index in [4.69, 9.17) is 4.74 Å². The van der Waals surface area contributed by atoms with Crippen LogP contribution in [0.1, 0.15) is 38.5 Å². The molecule has 2 saturated heterocycles. The van der Waals surface area contributed by atoms with Gasteiger partial charge in [-0.05, 0) is 38.0 Å². The minimum absolute atomic E-state index is 0.209. The summed E-state index contributed by atoms with van der Waals surface area (Å²) < 4.78 is 5.29. The monoisotopic (exact) mass is 359 g/mol. The van der Waals surface area contributed by atoms with Gasteiger partial charge < -0.3 is 19.9 Å². The molecule has 1 saturated carbocycles. The first-order valence-corrected chi connectivity index (χ1v) is 9.86. The van der Waals surface area contributed by atoms with Gasteiger partial charge in [0.1, 0.15) is 12.1 Å². The molecule has 7 heteroatoms. The van der Waals surface area contributed by atoms with Crippen molar-refractivity contribution in [3.8, 4) is 5.88 Å². The molecule has 1 N–H and O–H groups in total. The lowest BCUT2D eigenvalue weighted by molar-refractivity contribution is -0.123. The molecule has 1 aromatic rings. The molecular weight excluding hydrogens is 330 g/mol. The van der Waals surface area contributed by atoms with Crippen LogP contribution in [0.5, 0.6) is 5.88 Å². The fraction of sp³-hybridized carbons (Fsp3) is 0.737. The number of nitrogens with one attached hydrogen (secondary N) is 1. The van der Waals surface area contributed by atoms with Crippen LogP contribution in [0, 0.1) is 5.92 Å². The number of ether oxygens (including phenoxy) is 1. The zero-order valence-electron chi connectivity index (χ0n) is 15.6. The van der Waals surface area contributed by atoms with Gasteiger partial charge in [-0.2, -0.15) is 0 Å². The third kappa shape index (κ3) is 4.09. The average molecular weight is 359 g/mol. The molecule has 3 aliphatic rings. The molecule has 4 rings (SSSR count). The number of aromatic nitrogens is 2. The molecule has 142 valence electrons. The van der Waals surface area contributed by atoms with E-state index in [9.17, 15) is 4.79 Å². The smallest absolute Gasteiger partial charge is 0.220 e. The summed E-state index contributed by atoms with van der Waals surface area (Å²) in [6.07, 6.45) is 8.18. The summed E-state index contributed by atoms with van der Waals surface area (Å²) in [5.41, 5.74) is 0. The van der Waals surface area contributed by atoms with Crippen molar-refractivity contribution in [3.05, 3.63) is 12.4 Å². The predicted octanol–water partition coefficient (Wildman–Crippen LogP) is 1.44. The Balaban J connectivity index is 1.34. The molecule has 0 spiro atoms. The molecule has 0 bridgehead atoms. The number of anilines is 1. The highest BCUT2D eigenvalue weighted by atomic mass is 16.5. The van der Waals surface area contributed by atoms with Crippen molar-refractivity contribution in [1.82, 2.24) is 20.2 Å². The van der Waals surface area contributed by atoms with E-state index in [1.165, 1.54) is 25.7 Å². The molecule has 0 aromatic carbocycles. The van der Waals surface area contributed by atoms with Crippen LogP contribution in [-0.4, -0.2) is 66.1 Å². The zero-order chi connectivity index (χ0) is 17.9. The van der Waals surface area contributed by atoms with E-state index in [0.29, 0.717) is 30.3 Å². The SMILES string of the molecule is COc1cc(N(C2CC2)C2CCN(CC3CCC(=O)NC3)CC2)ncn1. The van der Waals surface area contributed by atoms with Gasteiger partial charge in [-0.1, -0.05) is 0 Å². The Kier molecular flexibility index (Phi) is 5.24. The van der Waals surface area contributed by atoms with Gasteiger partial charge >= 0.3 is 0 Å². The number of nitrogens with zero attached hydrogens (tertiary/aromatic N) is 4. The van der Waals surface area contributed by atoms with E-state index < -0.39 is 0 Å². The zero-order valence-corrected chi connectivity index (χ0v) is 15.6. The fourth-order valence-corrected chi connectivity index (χ4v) is 4.29. The number of amides is 1. The largest absolute Gasteiger partial charge is 0.481 e. The second-order valence-electron chi connectivity index (χ2n) is 7.80. The summed E-state index contributed by atoms with van der Waals surface area (Å²) in [6.45, 7) is 4.20. The number of likely N-dealkylation sites (tertiary alicyclic amines) is 1. The van der Waals surface area contributed by atoms with Crippen molar-refractivity contribution in [2.75, 3.05) is 38.2 Å². The number of rotatable bonds is 6. The van der Waals surface area contributed by atoms with Gasteiger partial charge in [-0.15, -0.1) is 0 Å². The molecule has 1 aromatic heterocycles. The van der Waals surface area contributed by atoms with Crippen molar-refractivity contribution in [2.24, 2.45) is 5.92 Å². The van der Waals surface area contributed by atoms with E-state index in [1.807, 2.05) is 6.07 Å². The van der Waals surface area contributed by atoms with Gasteiger partial charge in [-0.25, -0.2) is 9.97 Å². The van der Waals surface area contributed by atoms with Gasteiger partial charge in [0.25, 0.3) is 0 Å². The summed E-state index contributed by atoms with van der Waals surface area (Å²) in [7, 11) is 1.65. The Morgan fingerprint density at radius 1 is 1.19 bits per heavy atom. The summed E-state index contributed by atoms with van der Waals surface area (Å²) in [4.78, 5) is 25.1. The van der Waals surface area contributed by atoms with Crippen LogP contribution < -0.4 is 15.0 Å². The van der Waals surface area contributed by atoms with Crippen LogP contribution in [0.25, 0.3) is 0 Å². The van der Waals surface area contributed by atoms with E-state index in [0.717, 1.165) is 38.4 Å². The molecule has 1 atom stereocenters. The highest BCUT2D eigenvalue weighted by Gasteiger charge is 2.37. The Labute approximate surface area is 155 Å². The Hall–Kier alpha value is -1.89. The molecular formula is C19H29N5O2. The van der Waals surface area contributed by atoms with E-state index in [1.54, 1.807) is 13.4 Å².